The molecule has 1 atom stereocenters. The fraction of sp³-hybridized carbons (Fsp3) is 0.238. The van der Waals surface area contributed by atoms with Crippen LogP contribution in [0.5, 0.6) is 0 Å². The van der Waals surface area contributed by atoms with Crippen molar-refractivity contribution >= 4 is 11.4 Å². The Labute approximate surface area is 194 Å². The van der Waals surface area contributed by atoms with Gasteiger partial charge in [-0.15, -0.1) is 10.2 Å². The first-order chi connectivity index (χ1) is 16.8. The minimum Gasteiger partial charge on any atom is -0.411 e. The molecule has 0 saturated carbocycles. The smallest absolute Gasteiger partial charge is 0.411 e. The predicted molar refractivity (Wildman–Crippen MR) is 112 cm³/mol. The van der Waals surface area contributed by atoms with Gasteiger partial charge >= 0.3 is 18.0 Å². The number of nitrogens with one attached hydrogen (secondary N) is 1. The number of nitrogens with zero attached hydrogens (tertiary/aromatic N) is 8. The zero-order chi connectivity index (χ0) is 24.3. The number of aromatic amines is 1. The van der Waals surface area contributed by atoms with E-state index in [-0.39, 0.29) is 18.3 Å². The molecule has 5 aromatic heterocycles. The van der Waals surface area contributed by atoms with Crippen molar-refractivity contribution < 1.29 is 22.4 Å². The van der Waals surface area contributed by atoms with Crippen molar-refractivity contribution in [2.75, 3.05) is 6.54 Å². The van der Waals surface area contributed by atoms with Gasteiger partial charge in [0.2, 0.25) is 0 Å². The monoisotopic (exact) mass is 483 g/mol. The summed E-state index contributed by atoms with van der Waals surface area (Å²) in [6.07, 6.45) is 0.107. The highest BCUT2D eigenvalue weighted by Gasteiger charge is 2.38. The highest BCUT2D eigenvalue weighted by Crippen LogP contribution is 2.35. The van der Waals surface area contributed by atoms with Gasteiger partial charge in [-0.1, -0.05) is 0 Å². The number of hydrogen-bond acceptors (Lipinski definition) is 7. The first-order valence-electron chi connectivity index (χ1n) is 10.5. The van der Waals surface area contributed by atoms with Crippen molar-refractivity contribution in [3.63, 3.8) is 0 Å². The molecule has 1 N–H and O–H groups in total. The van der Waals surface area contributed by atoms with E-state index in [1.165, 1.54) is 17.3 Å². The number of pyridine rings is 1. The minimum atomic E-state index is -4.51. The van der Waals surface area contributed by atoms with E-state index in [4.69, 9.17) is 4.42 Å². The lowest BCUT2D eigenvalue weighted by Gasteiger charge is -2.32. The van der Waals surface area contributed by atoms with Gasteiger partial charge in [0.1, 0.15) is 11.7 Å². The summed E-state index contributed by atoms with van der Waals surface area (Å²) in [5, 5.41) is 16.4. The molecule has 0 bridgehead atoms. The molecule has 6 heterocycles. The Morgan fingerprint density at radius 3 is 2.83 bits per heavy atom. The van der Waals surface area contributed by atoms with Crippen LogP contribution < -0.4 is 0 Å². The third-order valence-corrected chi connectivity index (χ3v) is 5.81. The molecule has 0 unspecified atom stereocenters. The average Bonchev–Trinajstić information content (AvgIpc) is 3.62. The quantitative estimate of drug-likeness (QED) is 0.419. The van der Waals surface area contributed by atoms with E-state index < -0.39 is 23.7 Å². The largest absolute Gasteiger partial charge is 0.417 e. The lowest BCUT2D eigenvalue weighted by molar-refractivity contribution is -0.137. The Bertz CT molecular complexity index is 1560. The lowest BCUT2D eigenvalue weighted by Crippen LogP contribution is -2.41. The maximum atomic E-state index is 13.4. The number of aromatic nitrogens is 8. The van der Waals surface area contributed by atoms with Crippen LogP contribution in [0.4, 0.5) is 13.2 Å². The van der Waals surface area contributed by atoms with Crippen molar-refractivity contribution in [2.24, 2.45) is 7.05 Å². The van der Waals surface area contributed by atoms with Crippen LogP contribution >= 0.6 is 0 Å². The molecule has 5 aromatic rings. The lowest BCUT2D eigenvalue weighted by atomic mass is 9.99. The Kier molecular flexibility index (Phi) is 4.52. The van der Waals surface area contributed by atoms with E-state index in [0.29, 0.717) is 29.0 Å². The van der Waals surface area contributed by atoms with E-state index in [9.17, 15) is 18.0 Å². The summed E-state index contributed by atoms with van der Waals surface area (Å²) in [7, 11) is 1.73. The van der Waals surface area contributed by atoms with Gasteiger partial charge in [-0.25, -0.2) is 9.50 Å². The number of imidazole rings is 1. The normalized spacial score (nSPS) is 16.1. The third kappa shape index (κ3) is 3.53. The first kappa shape index (κ1) is 21.1. The van der Waals surface area contributed by atoms with Gasteiger partial charge in [0.15, 0.2) is 0 Å². The second-order valence-corrected chi connectivity index (χ2v) is 8.06. The SMILES string of the molecule is Cn1ccc(-c2nnc(C(=O)N3CCc4[nH]cnc4[C@@H]3c3cc4ccc(C(F)(F)F)cn4n3)o2)n1. The molecular formula is C21H16F3N9O2. The molecular weight excluding hydrogens is 467 g/mol. The Morgan fingerprint density at radius 2 is 2.06 bits per heavy atom. The van der Waals surface area contributed by atoms with Gasteiger partial charge in [0, 0.05) is 38.1 Å². The molecule has 0 fully saturated rings. The molecule has 0 radical (unpaired) electrons. The number of alkyl halides is 3. The van der Waals surface area contributed by atoms with Crippen LogP contribution in [0.15, 0.2) is 47.4 Å². The molecule has 0 spiro atoms. The molecule has 1 aliphatic rings. The number of aryl methyl sites for hydroxylation is 1. The fourth-order valence-corrected chi connectivity index (χ4v) is 4.17. The number of carbonyl (C=O) groups excluding carboxylic acids is 1. The van der Waals surface area contributed by atoms with E-state index in [1.807, 2.05) is 0 Å². The van der Waals surface area contributed by atoms with Crippen molar-refractivity contribution in [2.45, 2.75) is 18.6 Å². The summed E-state index contributed by atoms with van der Waals surface area (Å²) in [6.45, 7) is 0.279. The number of H-pyrrole nitrogens is 1. The third-order valence-electron chi connectivity index (χ3n) is 5.81. The number of carbonyl (C=O) groups is 1. The number of rotatable bonds is 3. The maximum Gasteiger partial charge on any atom is 0.417 e. The standard InChI is InChI=1S/C21H16F3N9O2/c1-31-6-4-14(29-31)18-27-28-19(35-18)20(34)32-7-5-13-16(26-10-25-13)17(32)15-8-12-3-2-11(21(22,23)24)9-33(12)30-15/h2-4,6,8-10,17H,5,7H2,1H3,(H,25,26)/t17-/m0/s1. The van der Waals surface area contributed by atoms with Crippen LogP contribution in [0.3, 0.4) is 0 Å². The van der Waals surface area contributed by atoms with Gasteiger partial charge < -0.3 is 14.3 Å². The Morgan fingerprint density at radius 1 is 1.20 bits per heavy atom. The van der Waals surface area contributed by atoms with E-state index >= 15 is 0 Å². The van der Waals surface area contributed by atoms with Gasteiger partial charge in [0.25, 0.3) is 5.89 Å². The number of halogens is 3. The molecule has 0 aliphatic carbocycles. The molecule has 35 heavy (non-hydrogen) atoms. The fourth-order valence-electron chi connectivity index (χ4n) is 4.17. The van der Waals surface area contributed by atoms with Crippen molar-refractivity contribution in [1.82, 2.24) is 44.5 Å². The van der Waals surface area contributed by atoms with Crippen LogP contribution in [0.2, 0.25) is 0 Å². The Balaban J connectivity index is 1.39. The molecule has 6 rings (SSSR count). The van der Waals surface area contributed by atoms with Crippen molar-refractivity contribution in [1.29, 1.82) is 0 Å². The summed E-state index contributed by atoms with van der Waals surface area (Å²) in [5.41, 5.74) is 1.75. The zero-order valence-corrected chi connectivity index (χ0v) is 18.1. The van der Waals surface area contributed by atoms with E-state index in [0.717, 1.165) is 22.5 Å². The van der Waals surface area contributed by atoms with Gasteiger partial charge in [0.05, 0.1) is 28.8 Å². The van der Waals surface area contributed by atoms with Crippen LogP contribution in [0.1, 0.15) is 39.4 Å². The molecule has 11 nitrogen and oxygen atoms in total. The second kappa shape index (κ2) is 7.51. The van der Waals surface area contributed by atoms with Gasteiger partial charge in [-0.05, 0) is 24.3 Å². The topological polar surface area (TPSA) is 123 Å². The summed E-state index contributed by atoms with van der Waals surface area (Å²) < 4.78 is 47.8. The average molecular weight is 483 g/mol. The van der Waals surface area contributed by atoms with Crippen LogP contribution in [0.25, 0.3) is 17.1 Å². The highest BCUT2D eigenvalue weighted by atomic mass is 19.4. The Hall–Kier alpha value is -4.49. The van der Waals surface area contributed by atoms with Gasteiger partial charge in [-0.2, -0.15) is 23.4 Å². The van der Waals surface area contributed by atoms with Crippen LogP contribution in [-0.4, -0.2) is 56.9 Å². The molecule has 178 valence electrons. The molecule has 14 heteroatoms. The van der Waals surface area contributed by atoms with Crippen LogP contribution in [-0.2, 0) is 19.6 Å². The van der Waals surface area contributed by atoms with E-state index in [2.05, 4.69) is 30.4 Å². The second-order valence-electron chi connectivity index (χ2n) is 8.06. The minimum absolute atomic E-state index is 0.0929. The molecule has 1 amide bonds. The number of hydrogen-bond donors (Lipinski definition) is 1. The molecule has 0 aromatic carbocycles. The highest BCUT2D eigenvalue weighted by molar-refractivity contribution is 5.90. The first-order valence-corrected chi connectivity index (χ1v) is 10.5. The van der Waals surface area contributed by atoms with Crippen LogP contribution in [0, 0.1) is 0 Å². The number of fused-ring (bicyclic) bond motifs is 2. The van der Waals surface area contributed by atoms with Gasteiger partial charge in [-0.3, -0.25) is 9.48 Å². The molecule has 0 saturated heterocycles. The van der Waals surface area contributed by atoms with Crippen molar-refractivity contribution in [3.05, 3.63) is 71.5 Å². The summed E-state index contributed by atoms with van der Waals surface area (Å²) >= 11 is 0. The number of amides is 1. The molecule has 1 aliphatic heterocycles. The van der Waals surface area contributed by atoms with E-state index in [1.54, 1.807) is 30.1 Å². The zero-order valence-electron chi connectivity index (χ0n) is 18.1. The van der Waals surface area contributed by atoms with Crippen molar-refractivity contribution in [3.8, 4) is 11.6 Å². The maximum absolute atomic E-state index is 13.4. The summed E-state index contributed by atoms with van der Waals surface area (Å²) in [4.78, 5) is 22.3. The summed E-state index contributed by atoms with van der Waals surface area (Å²) in [6, 6.07) is 4.85. The predicted octanol–water partition coefficient (Wildman–Crippen LogP) is 2.65. The summed E-state index contributed by atoms with van der Waals surface area (Å²) in [5.74, 6) is -0.695.